The summed E-state index contributed by atoms with van der Waals surface area (Å²) in [7, 11) is 0. The number of ether oxygens (including phenoxy) is 3. The molecule has 1 unspecified atom stereocenters. The molecule has 1 fully saturated rings. The van der Waals surface area contributed by atoms with E-state index in [2.05, 4.69) is 45.0 Å². The van der Waals surface area contributed by atoms with Crippen LogP contribution in [-0.4, -0.2) is 42.7 Å². The van der Waals surface area contributed by atoms with E-state index in [0.29, 0.717) is 25.4 Å². The normalized spacial score (nSPS) is 20.4. The number of hydrogen-bond acceptors (Lipinski definition) is 4. The van der Waals surface area contributed by atoms with E-state index in [1.165, 1.54) is 5.56 Å². The molecule has 2 aromatic rings. The highest BCUT2D eigenvalue weighted by Gasteiger charge is 2.32. The van der Waals surface area contributed by atoms with Crippen molar-refractivity contribution >= 4 is 5.91 Å². The van der Waals surface area contributed by atoms with Gasteiger partial charge in [-0.05, 0) is 32.4 Å². The van der Waals surface area contributed by atoms with Gasteiger partial charge in [-0.3, -0.25) is 4.79 Å². The monoisotopic (exact) mass is 381 g/mol. The Bertz CT molecular complexity index is 859. The van der Waals surface area contributed by atoms with Gasteiger partial charge >= 0.3 is 0 Å². The van der Waals surface area contributed by atoms with Gasteiger partial charge in [-0.2, -0.15) is 0 Å². The third-order valence-electron chi connectivity index (χ3n) is 5.27. The number of benzene rings is 2. The number of rotatable bonds is 4. The van der Waals surface area contributed by atoms with E-state index in [1.807, 2.05) is 23.1 Å². The predicted molar refractivity (Wildman–Crippen MR) is 107 cm³/mol. The second-order valence-corrected chi connectivity index (χ2v) is 8.18. The van der Waals surface area contributed by atoms with E-state index in [0.717, 1.165) is 23.3 Å². The van der Waals surface area contributed by atoms with Crippen LogP contribution in [0.3, 0.4) is 0 Å². The highest BCUT2D eigenvalue weighted by Crippen LogP contribution is 2.41. The van der Waals surface area contributed by atoms with Gasteiger partial charge in [0.15, 0.2) is 18.1 Å². The van der Waals surface area contributed by atoms with E-state index < -0.39 is 0 Å². The SMILES string of the molecule is Cc1ccc(C2CN(C(=O)COc3cccc4c3OC(C)(C)C4)CCO2)cc1. The minimum atomic E-state index is -0.239. The van der Waals surface area contributed by atoms with E-state index in [4.69, 9.17) is 14.2 Å². The Labute approximate surface area is 166 Å². The molecule has 2 aromatic carbocycles. The van der Waals surface area contributed by atoms with Crippen molar-refractivity contribution in [3.05, 3.63) is 59.2 Å². The van der Waals surface area contributed by atoms with Gasteiger partial charge in [0.05, 0.1) is 13.2 Å². The number of carbonyl (C=O) groups is 1. The van der Waals surface area contributed by atoms with E-state index >= 15 is 0 Å². The van der Waals surface area contributed by atoms with Crippen LogP contribution in [0.4, 0.5) is 0 Å². The van der Waals surface area contributed by atoms with Crippen molar-refractivity contribution in [2.24, 2.45) is 0 Å². The zero-order valence-corrected chi connectivity index (χ0v) is 16.7. The molecule has 4 rings (SSSR count). The molecule has 2 aliphatic rings. The van der Waals surface area contributed by atoms with Crippen molar-refractivity contribution in [3.8, 4) is 11.5 Å². The first kappa shape index (κ1) is 18.8. The summed E-state index contributed by atoms with van der Waals surface area (Å²) in [5.41, 5.74) is 3.19. The Balaban J connectivity index is 1.38. The number of nitrogens with zero attached hydrogens (tertiary/aromatic N) is 1. The van der Waals surface area contributed by atoms with E-state index in [1.54, 1.807) is 0 Å². The van der Waals surface area contributed by atoms with Crippen LogP contribution in [-0.2, 0) is 16.0 Å². The van der Waals surface area contributed by atoms with Crippen LogP contribution in [0.25, 0.3) is 0 Å². The molecule has 5 nitrogen and oxygen atoms in total. The second-order valence-electron chi connectivity index (χ2n) is 8.18. The maximum atomic E-state index is 12.7. The molecule has 0 radical (unpaired) electrons. The first-order chi connectivity index (χ1) is 13.4. The standard InChI is InChI=1S/C23H27NO4/c1-16-7-9-17(10-8-16)20-14-24(11-12-26-20)21(25)15-27-19-6-4-5-18-13-23(2,3)28-22(18)19/h4-10,20H,11-15H2,1-3H3. The number of amides is 1. The van der Waals surface area contributed by atoms with Crippen LogP contribution in [0.5, 0.6) is 11.5 Å². The van der Waals surface area contributed by atoms with E-state index in [-0.39, 0.29) is 24.2 Å². The van der Waals surface area contributed by atoms with Crippen LogP contribution in [0, 0.1) is 6.92 Å². The Morgan fingerprint density at radius 2 is 2.00 bits per heavy atom. The maximum absolute atomic E-state index is 12.7. The van der Waals surface area contributed by atoms with Crippen molar-refractivity contribution in [3.63, 3.8) is 0 Å². The average Bonchev–Trinajstić information content (AvgIpc) is 3.01. The quantitative estimate of drug-likeness (QED) is 0.811. The molecular formula is C23H27NO4. The molecule has 0 bridgehead atoms. The summed E-state index contributed by atoms with van der Waals surface area (Å²) >= 11 is 0. The third-order valence-corrected chi connectivity index (χ3v) is 5.27. The average molecular weight is 381 g/mol. The molecule has 148 valence electrons. The number of hydrogen-bond donors (Lipinski definition) is 0. The number of para-hydroxylation sites is 1. The van der Waals surface area contributed by atoms with Crippen molar-refractivity contribution < 1.29 is 19.0 Å². The molecule has 1 amide bonds. The molecule has 28 heavy (non-hydrogen) atoms. The number of aryl methyl sites for hydroxylation is 1. The molecule has 0 aliphatic carbocycles. The van der Waals surface area contributed by atoms with Gasteiger partial charge < -0.3 is 19.1 Å². The minimum Gasteiger partial charge on any atom is -0.483 e. The molecule has 2 heterocycles. The number of fused-ring (bicyclic) bond motifs is 1. The molecule has 1 atom stereocenters. The molecule has 0 saturated carbocycles. The summed E-state index contributed by atoms with van der Waals surface area (Å²) in [5.74, 6) is 1.37. The lowest BCUT2D eigenvalue weighted by molar-refractivity contribution is -0.141. The molecule has 5 heteroatoms. The molecule has 0 aromatic heterocycles. The zero-order valence-electron chi connectivity index (χ0n) is 16.7. The van der Waals surface area contributed by atoms with Crippen molar-refractivity contribution in [1.82, 2.24) is 4.90 Å². The molecule has 1 saturated heterocycles. The van der Waals surface area contributed by atoms with E-state index in [9.17, 15) is 4.79 Å². The summed E-state index contributed by atoms with van der Waals surface area (Å²) in [6.45, 7) is 7.83. The number of morpholine rings is 1. The summed E-state index contributed by atoms with van der Waals surface area (Å²) in [5, 5.41) is 0. The topological polar surface area (TPSA) is 48.0 Å². The lowest BCUT2D eigenvalue weighted by atomic mass is 10.0. The van der Waals surface area contributed by atoms with Crippen LogP contribution < -0.4 is 9.47 Å². The minimum absolute atomic E-state index is 0.000853. The fourth-order valence-corrected chi connectivity index (χ4v) is 3.79. The van der Waals surface area contributed by atoms with Gasteiger partial charge in [-0.25, -0.2) is 0 Å². The highest BCUT2D eigenvalue weighted by atomic mass is 16.5. The zero-order chi connectivity index (χ0) is 19.7. The van der Waals surface area contributed by atoms with Gasteiger partial charge in [-0.1, -0.05) is 42.0 Å². The highest BCUT2D eigenvalue weighted by molar-refractivity contribution is 5.78. The molecule has 2 aliphatic heterocycles. The van der Waals surface area contributed by atoms with Gasteiger partial charge in [-0.15, -0.1) is 0 Å². The van der Waals surface area contributed by atoms with Crippen molar-refractivity contribution in [2.75, 3.05) is 26.3 Å². The molecular weight excluding hydrogens is 354 g/mol. The largest absolute Gasteiger partial charge is 0.483 e. The van der Waals surface area contributed by atoms with Gasteiger partial charge in [0.1, 0.15) is 11.7 Å². The summed E-state index contributed by atoms with van der Waals surface area (Å²) in [4.78, 5) is 14.6. The predicted octanol–water partition coefficient (Wildman–Crippen LogP) is 3.69. The van der Waals surface area contributed by atoms with Gasteiger partial charge in [0, 0.05) is 18.5 Å². The fraction of sp³-hybridized carbons (Fsp3) is 0.435. The Kier molecular flexibility index (Phi) is 5.02. The Hall–Kier alpha value is -2.53. The second kappa shape index (κ2) is 7.47. The Morgan fingerprint density at radius 3 is 2.79 bits per heavy atom. The van der Waals surface area contributed by atoms with Crippen LogP contribution in [0.1, 0.15) is 36.6 Å². The summed E-state index contributed by atoms with van der Waals surface area (Å²) < 4.78 is 17.8. The van der Waals surface area contributed by atoms with Crippen molar-refractivity contribution in [1.29, 1.82) is 0 Å². The number of carbonyl (C=O) groups excluding carboxylic acids is 1. The summed E-state index contributed by atoms with van der Waals surface area (Å²) in [6, 6.07) is 14.1. The van der Waals surface area contributed by atoms with Gasteiger partial charge in [0.2, 0.25) is 0 Å². The molecule has 0 N–H and O–H groups in total. The van der Waals surface area contributed by atoms with Crippen molar-refractivity contribution in [2.45, 2.75) is 38.9 Å². The molecule has 0 spiro atoms. The lowest BCUT2D eigenvalue weighted by Gasteiger charge is -2.33. The first-order valence-corrected chi connectivity index (χ1v) is 9.81. The maximum Gasteiger partial charge on any atom is 0.260 e. The lowest BCUT2D eigenvalue weighted by Crippen LogP contribution is -2.44. The smallest absolute Gasteiger partial charge is 0.260 e. The fourth-order valence-electron chi connectivity index (χ4n) is 3.79. The first-order valence-electron chi connectivity index (χ1n) is 9.81. The van der Waals surface area contributed by atoms with Crippen LogP contribution >= 0.6 is 0 Å². The van der Waals surface area contributed by atoms with Crippen LogP contribution in [0.15, 0.2) is 42.5 Å². The van der Waals surface area contributed by atoms with Crippen LogP contribution in [0.2, 0.25) is 0 Å². The summed E-state index contributed by atoms with van der Waals surface area (Å²) in [6.07, 6.45) is 0.748. The third kappa shape index (κ3) is 3.99. The Morgan fingerprint density at radius 1 is 1.21 bits per heavy atom. The van der Waals surface area contributed by atoms with Gasteiger partial charge in [0.25, 0.3) is 5.91 Å².